The van der Waals surface area contributed by atoms with E-state index in [2.05, 4.69) is 52.2 Å². The van der Waals surface area contributed by atoms with Gasteiger partial charge in [-0.25, -0.2) is 0 Å². The van der Waals surface area contributed by atoms with Crippen molar-refractivity contribution in [2.24, 2.45) is 0 Å². The molecule has 3 aromatic heterocycles. The van der Waals surface area contributed by atoms with Crippen LogP contribution >= 0.6 is 0 Å². The van der Waals surface area contributed by atoms with Crippen LogP contribution in [0.25, 0.3) is 44.6 Å². The Morgan fingerprint density at radius 1 is 0.744 bits per heavy atom. The minimum Gasteiger partial charge on any atom is -0.466 e. The molecule has 3 heterocycles. The van der Waals surface area contributed by atoms with Gasteiger partial charge in [0.25, 0.3) is 0 Å². The third-order valence-corrected chi connectivity index (χ3v) is 6.44. The van der Waals surface area contributed by atoms with Crippen molar-refractivity contribution in [1.82, 2.24) is 0 Å². The van der Waals surface area contributed by atoms with Gasteiger partial charge in [0.15, 0.2) is 0 Å². The number of aromatic nitrogens is 2. The van der Waals surface area contributed by atoms with E-state index in [0.29, 0.717) is 5.58 Å². The molecule has 0 saturated heterocycles. The Kier molecular flexibility index (Phi) is 6.95. The van der Waals surface area contributed by atoms with Gasteiger partial charge in [-0.2, -0.15) is 37.1 Å². The smallest absolute Gasteiger partial charge is 0.120 e. The third kappa shape index (κ3) is 5.73. The van der Waals surface area contributed by atoms with E-state index in [4.69, 9.17) is 9.90 Å². The van der Waals surface area contributed by atoms with Crippen molar-refractivity contribution in [1.29, 1.82) is 0 Å². The monoisotopic (exact) mass is 691 g/mol. The first-order valence-electron chi connectivity index (χ1n) is 14.1. The first-order chi connectivity index (χ1) is 20.0. The zero-order chi connectivity index (χ0) is 30.0. The summed E-state index contributed by atoms with van der Waals surface area (Å²) in [5, 5.41) is 0.868. The number of rotatable bonds is 3. The van der Waals surface area contributed by atoms with Gasteiger partial charge in [0.2, 0.25) is 0 Å². The fourth-order valence-corrected chi connectivity index (χ4v) is 4.43. The summed E-state index contributed by atoms with van der Waals surface area (Å²) in [4.78, 5) is 0. The molecule has 3 nitrogen and oxygen atoms in total. The van der Waals surface area contributed by atoms with Crippen LogP contribution in [0, 0.1) is 34.8 Å². The number of hydrogen-bond donors (Lipinski definition) is 0. The van der Waals surface area contributed by atoms with Crippen molar-refractivity contribution in [3.8, 4) is 33.6 Å². The molecule has 4 heteroatoms. The van der Waals surface area contributed by atoms with Crippen LogP contribution in [0.5, 0.6) is 0 Å². The molecule has 39 heavy (non-hydrogen) atoms. The van der Waals surface area contributed by atoms with Gasteiger partial charge in [-0.3, -0.25) is 0 Å². The number of hydrogen-bond acceptors (Lipinski definition) is 1. The van der Waals surface area contributed by atoms with Crippen molar-refractivity contribution in [2.75, 3.05) is 0 Å². The van der Waals surface area contributed by atoms with Crippen molar-refractivity contribution in [2.45, 2.75) is 6.85 Å². The van der Waals surface area contributed by atoms with Crippen LogP contribution in [-0.4, -0.2) is 0 Å². The minimum atomic E-state index is -2.17. The number of benzene rings is 3. The van der Waals surface area contributed by atoms with E-state index < -0.39 is 6.85 Å². The number of furan rings is 1. The fraction of sp³-hybridized carbons (Fsp3) is 0.0286. The average Bonchev–Trinajstić information content (AvgIpc) is 3.34. The molecule has 0 aliphatic heterocycles. The molecule has 0 fully saturated rings. The molecule has 0 aliphatic rings. The maximum Gasteiger partial charge on any atom is 0.120 e. The largest absolute Gasteiger partial charge is 0.466 e. The molecule has 0 N–H and O–H groups in total. The summed E-state index contributed by atoms with van der Waals surface area (Å²) in [6.07, 6.45) is 1.98. The van der Waals surface area contributed by atoms with Gasteiger partial charge in [0.05, 0.1) is 29.5 Å². The molecule has 0 spiro atoms. The Morgan fingerprint density at radius 3 is 2.26 bits per heavy atom. The second kappa shape index (κ2) is 12.0. The molecule has 0 saturated carbocycles. The average molecular weight is 691 g/mol. The van der Waals surface area contributed by atoms with E-state index in [1.54, 1.807) is 22.8 Å². The molecule has 3 aromatic carbocycles. The minimum absolute atomic E-state index is 0. The van der Waals surface area contributed by atoms with E-state index in [9.17, 15) is 0 Å². The number of nitrogens with zero attached hydrogens (tertiary/aromatic N) is 2. The van der Waals surface area contributed by atoms with Crippen LogP contribution in [0.4, 0.5) is 0 Å². The van der Waals surface area contributed by atoms with E-state index in [0.717, 1.165) is 50.2 Å². The van der Waals surface area contributed by atoms with Crippen LogP contribution < -0.4 is 9.13 Å². The fourth-order valence-electron chi connectivity index (χ4n) is 4.43. The molecule has 0 aliphatic carbocycles. The number of pyridine rings is 2. The second-order valence-electron chi connectivity index (χ2n) is 8.90. The molecule has 1 radical (unpaired) electrons. The SMILES string of the molecule is [2H]C([2H])([2H])c1cccc(-c2ccccc2[CH2-])[n+]1[CH2-].[2H]c1cc2c(-c3cc(-c4ccccc4)ccc3[CH2-])[n+]([CH2-])ccc2o1.[Ir]. The van der Waals surface area contributed by atoms with Crippen LogP contribution in [0.15, 0.2) is 120 Å². The van der Waals surface area contributed by atoms with Gasteiger partial charge in [-0.1, -0.05) is 54.6 Å². The Hall–Kier alpha value is -4.37. The second-order valence-corrected chi connectivity index (χ2v) is 8.90. The molecule has 0 amide bonds. The van der Waals surface area contributed by atoms with Crippen molar-refractivity contribution in [3.05, 3.63) is 160 Å². The summed E-state index contributed by atoms with van der Waals surface area (Å²) in [7, 11) is 7.92. The first kappa shape index (κ1) is 22.6. The molecule has 6 aromatic rings. The van der Waals surface area contributed by atoms with E-state index >= 15 is 0 Å². The predicted molar refractivity (Wildman–Crippen MR) is 155 cm³/mol. The van der Waals surface area contributed by atoms with Gasteiger partial charge in [-0.15, -0.1) is 35.4 Å². The Bertz CT molecular complexity index is 1880. The zero-order valence-electron chi connectivity index (χ0n) is 25.4. The molecular formula is C35H30IrN2O-2. The van der Waals surface area contributed by atoms with Crippen molar-refractivity contribution >= 4 is 11.0 Å². The van der Waals surface area contributed by atoms with Crippen LogP contribution in [-0.2, 0) is 20.1 Å². The van der Waals surface area contributed by atoms with Crippen molar-refractivity contribution in [3.63, 3.8) is 0 Å². The van der Waals surface area contributed by atoms with E-state index in [1.807, 2.05) is 66.9 Å². The van der Waals surface area contributed by atoms with Crippen molar-refractivity contribution < 1.29 is 39.1 Å². The van der Waals surface area contributed by atoms with Gasteiger partial charge < -0.3 is 13.6 Å². The van der Waals surface area contributed by atoms with Gasteiger partial charge in [0, 0.05) is 43.7 Å². The summed E-state index contributed by atoms with van der Waals surface area (Å²) >= 11 is 0. The molecule has 0 unspecified atom stereocenters. The topological polar surface area (TPSA) is 20.9 Å². The number of aryl methyl sites for hydroxylation is 1. The number of fused-ring (bicyclic) bond motifs is 1. The first-order valence-corrected chi connectivity index (χ1v) is 12.1. The third-order valence-electron chi connectivity index (χ3n) is 6.44. The summed E-state index contributed by atoms with van der Waals surface area (Å²) in [6.45, 7) is 5.94. The van der Waals surface area contributed by atoms with Crippen LogP contribution in [0.1, 0.15) is 22.3 Å². The summed E-state index contributed by atoms with van der Waals surface area (Å²) in [5.41, 5.74) is 8.43. The standard InChI is InChI=1S/C21H16NO.C14H14N.Ir/c1-15-8-9-17(16-6-4-3-5-7-16)14-19(15)21-18-11-13-23-20(18)10-12-22(21)2;1-11-7-4-5-9-13(11)14-10-6-8-12(2)15(14)3;/h3-14H,1-2H2;4-10H,1,3H2,2H3;/q2*-1;/i13D;2D3;. The predicted octanol–water partition coefficient (Wildman–Crippen LogP) is 7.65. The van der Waals surface area contributed by atoms with E-state index in [1.165, 1.54) is 4.57 Å². The van der Waals surface area contributed by atoms with Gasteiger partial charge in [-0.05, 0) is 30.1 Å². The molecule has 0 bridgehead atoms. The van der Waals surface area contributed by atoms with Crippen LogP contribution in [0.2, 0.25) is 0 Å². The summed E-state index contributed by atoms with van der Waals surface area (Å²) < 4.78 is 38.9. The summed E-state index contributed by atoms with van der Waals surface area (Å²) in [6, 6.07) is 32.7. The zero-order valence-corrected chi connectivity index (χ0v) is 23.8. The maximum absolute atomic E-state index is 7.77. The van der Waals surface area contributed by atoms with E-state index in [-0.39, 0.29) is 32.0 Å². The maximum atomic E-state index is 7.77. The van der Waals surface area contributed by atoms with Gasteiger partial charge >= 0.3 is 0 Å². The Morgan fingerprint density at radius 2 is 1.49 bits per heavy atom. The van der Waals surface area contributed by atoms with Gasteiger partial charge in [0.1, 0.15) is 6.95 Å². The quantitative estimate of drug-likeness (QED) is 0.138. The summed E-state index contributed by atoms with van der Waals surface area (Å²) in [5.74, 6) is 0. The van der Waals surface area contributed by atoms with Crippen LogP contribution in [0.3, 0.4) is 0 Å². The molecule has 197 valence electrons. The Labute approximate surface area is 250 Å². The molecule has 6 rings (SSSR count). The molecule has 0 atom stereocenters. The molecular weight excluding hydrogens is 657 g/mol. The Balaban J connectivity index is 0.000000201. The normalized spacial score (nSPS) is 12.2.